The average Bonchev–Trinajstić information content (AvgIpc) is 2.12. The Hall–Kier alpha value is -1.32. The molecule has 0 bridgehead atoms. The highest BCUT2D eigenvalue weighted by Crippen LogP contribution is 1.85. The summed E-state index contributed by atoms with van der Waals surface area (Å²) in [6, 6.07) is 1.52. The minimum Gasteiger partial charge on any atom is -0.364 e. The van der Waals surface area contributed by atoms with Crippen LogP contribution in [0.2, 0.25) is 0 Å². The molecule has 0 aliphatic carbocycles. The summed E-state index contributed by atoms with van der Waals surface area (Å²) in [5.41, 5.74) is 5.19. The van der Waals surface area contributed by atoms with Gasteiger partial charge in [0.1, 0.15) is 5.69 Å². The molecule has 0 aromatic carbocycles. The van der Waals surface area contributed by atoms with Gasteiger partial charge in [0.2, 0.25) is 0 Å². The number of H-pyrrole nitrogens is 1. The van der Waals surface area contributed by atoms with Crippen LogP contribution in [0.25, 0.3) is 0 Å². The Bertz CT molecular complexity index is 184. The van der Waals surface area contributed by atoms with E-state index in [-0.39, 0.29) is 1.43 Å². The Labute approximate surface area is 47.2 Å². The fourth-order valence-electron chi connectivity index (χ4n) is 0.393. The molecule has 1 heterocycles. The number of primary amides is 1. The summed E-state index contributed by atoms with van der Waals surface area (Å²) in [5, 5.41) is 5.93. The van der Waals surface area contributed by atoms with Crippen molar-refractivity contribution >= 4 is 5.91 Å². The van der Waals surface area contributed by atoms with E-state index >= 15 is 0 Å². The molecule has 1 rings (SSSR count). The van der Waals surface area contributed by atoms with E-state index < -0.39 is 5.91 Å². The van der Waals surface area contributed by atoms with Crippen molar-refractivity contribution in [3.05, 3.63) is 18.0 Å². The van der Waals surface area contributed by atoms with Gasteiger partial charge in [0.05, 0.1) is 0 Å². The number of nitrogens with one attached hydrogen (secondary N) is 1. The van der Waals surface area contributed by atoms with Crippen molar-refractivity contribution in [1.82, 2.24) is 10.2 Å². The lowest BCUT2D eigenvalue weighted by Gasteiger charge is -1.80. The van der Waals surface area contributed by atoms with E-state index in [2.05, 4.69) is 10.2 Å². The molecule has 0 aliphatic heterocycles. The molecular weight excluding hydrogens is 106 g/mol. The van der Waals surface area contributed by atoms with Crippen LogP contribution in [0, 0.1) is 0 Å². The third kappa shape index (κ3) is 0.676. The summed E-state index contributed by atoms with van der Waals surface area (Å²) < 4.78 is 0. The molecule has 0 aliphatic rings. The van der Waals surface area contributed by atoms with Crippen LogP contribution >= 0.6 is 0 Å². The van der Waals surface area contributed by atoms with Crippen LogP contribution < -0.4 is 5.73 Å². The molecule has 3 N–H and O–H groups in total. The fraction of sp³-hybridized carbons (Fsp3) is 0. The van der Waals surface area contributed by atoms with Gasteiger partial charge in [0.25, 0.3) is 5.91 Å². The van der Waals surface area contributed by atoms with Gasteiger partial charge in [0, 0.05) is 6.20 Å². The molecular formula is C4H6N3O+. The minimum absolute atomic E-state index is 0. The van der Waals surface area contributed by atoms with Gasteiger partial charge in [-0.25, -0.2) is 0 Å². The Kier molecular flexibility index (Phi) is 0.997. The molecule has 0 fully saturated rings. The van der Waals surface area contributed by atoms with E-state index in [0.717, 1.165) is 0 Å². The Morgan fingerprint density at radius 2 is 2.75 bits per heavy atom. The first kappa shape index (κ1) is 4.83. The zero-order valence-corrected chi connectivity index (χ0v) is 4.09. The molecule has 4 heteroatoms. The number of nitrogens with zero attached hydrogens (tertiary/aromatic N) is 1. The number of carbonyl (C=O) groups is 1. The first-order chi connectivity index (χ1) is 3.80. The van der Waals surface area contributed by atoms with E-state index in [4.69, 9.17) is 5.73 Å². The topological polar surface area (TPSA) is 71.8 Å². The number of carbonyl (C=O) groups excluding carboxylic acids is 1. The lowest BCUT2D eigenvalue weighted by Crippen LogP contribution is -2.10. The maximum atomic E-state index is 10.2. The van der Waals surface area contributed by atoms with Gasteiger partial charge in [0.15, 0.2) is 0 Å². The monoisotopic (exact) mass is 112 g/mol. The van der Waals surface area contributed by atoms with Gasteiger partial charge >= 0.3 is 1.43 Å². The van der Waals surface area contributed by atoms with E-state index in [0.29, 0.717) is 5.69 Å². The normalized spacial score (nSPS) is 9.00. The van der Waals surface area contributed by atoms with Crippen molar-refractivity contribution in [3.63, 3.8) is 0 Å². The molecule has 0 atom stereocenters. The zero-order chi connectivity index (χ0) is 5.98. The van der Waals surface area contributed by atoms with Crippen molar-refractivity contribution in [3.8, 4) is 0 Å². The van der Waals surface area contributed by atoms with Crippen molar-refractivity contribution in [2.75, 3.05) is 0 Å². The summed E-state index contributed by atoms with van der Waals surface area (Å²) in [6.45, 7) is 0. The number of aromatic nitrogens is 2. The predicted octanol–water partition coefficient (Wildman–Crippen LogP) is -0.379. The molecule has 0 saturated carbocycles. The van der Waals surface area contributed by atoms with Crippen LogP contribution in [0.1, 0.15) is 11.9 Å². The maximum Gasteiger partial charge on any atom is 1.00 e. The number of hydrogen-bond acceptors (Lipinski definition) is 2. The first-order valence-electron chi connectivity index (χ1n) is 2.10. The molecule has 1 aromatic rings. The lowest BCUT2D eigenvalue weighted by molar-refractivity contribution is 0.0995. The molecule has 0 saturated heterocycles. The summed E-state index contributed by atoms with van der Waals surface area (Å²) in [6.07, 6.45) is 1.47. The van der Waals surface area contributed by atoms with Gasteiger partial charge in [-0.15, -0.1) is 0 Å². The maximum absolute atomic E-state index is 10.2. The van der Waals surface area contributed by atoms with E-state index in [1.165, 1.54) is 12.3 Å². The minimum atomic E-state index is -0.484. The van der Waals surface area contributed by atoms with Crippen LogP contribution in [-0.4, -0.2) is 16.1 Å². The van der Waals surface area contributed by atoms with Crippen molar-refractivity contribution in [1.29, 1.82) is 0 Å². The number of nitrogens with two attached hydrogens (primary N) is 1. The molecule has 4 nitrogen and oxygen atoms in total. The van der Waals surface area contributed by atoms with Gasteiger partial charge < -0.3 is 5.73 Å². The highest BCUT2D eigenvalue weighted by molar-refractivity contribution is 5.90. The highest BCUT2D eigenvalue weighted by atomic mass is 16.1. The average molecular weight is 112 g/mol. The first-order valence-corrected chi connectivity index (χ1v) is 2.10. The van der Waals surface area contributed by atoms with Crippen LogP contribution in [0.4, 0.5) is 0 Å². The second-order valence-electron chi connectivity index (χ2n) is 1.33. The third-order valence-electron chi connectivity index (χ3n) is 0.766. The Morgan fingerprint density at radius 3 is 3.00 bits per heavy atom. The van der Waals surface area contributed by atoms with Crippen LogP contribution in [-0.2, 0) is 0 Å². The highest BCUT2D eigenvalue weighted by Gasteiger charge is 1.96. The predicted molar refractivity (Wildman–Crippen MR) is 28.2 cm³/mol. The number of aromatic amines is 1. The molecule has 0 spiro atoms. The van der Waals surface area contributed by atoms with Crippen molar-refractivity contribution < 1.29 is 6.22 Å². The second kappa shape index (κ2) is 1.65. The number of hydrogen-bond donors (Lipinski definition) is 2. The van der Waals surface area contributed by atoms with Crippen LogP contribution in [0.15, 0.2) is 12.3 Å². The largest absolute Gasteiger partial charge is 1.00 e. The number of rotatable bonds is 1. The second-order valence-corrected chi connectivity index (χ2v) is 1.33. The van der Waals surface area contributed by atoms with E-state index in [9.17, 15) is 4.79 Å². The smallest absolute Gasteiger partial charge is 0.364 e. The number of amides is 1. The molecule has 8 heavy (non-hydrogen) atoms. The molecule has 42 valence electrons. The lowest BCUT2D eigenvalue weighted by atomic mass is 10.4. The van der Waals surface area contributed by atoms with E-state index in [1.54, 1.807) is 0 Å². The molecule has 0 radical (unpaired) electrons. The Balaban J connectivity index is 0.000000640. The van der Waals surface area contributed by atoms with E-state index in [1.807, 2.05) is 0 Å². The third-order valence-corrected chi connectivity index (χ3v) is 0.766. The standard InChI is InChI=1S/C4H5N3O/c5-4(8)3-1-2-6-7-3/h1-2H,(H2,5,8)(H,6,7)/p+1. The molecule has 0 unspecified atom stereocenters. The van der Waals surface area contributed by atoms with Crippen molar-refractivity contribution in [2.24, 2.45) is 5.73 Å². The van der Waals surface area contributed by atoms with Crippen LogP contribution in [0.5, 0.6) is 0 Å². The summed E-state index contributed by atoms with van der Waals surface area (Å²) in [5.74, 6) is -0.484. The summed E-state index contributed by atoms with van der Waals surface area (Å²) in [7, 11) is 0. The van der Waals surface area contributed by atoms with Gasteiger partial charge in [-0.3, -0.25) is 9.89 Å². The Morgan fingerprint density at radius 1 is 2.00 bits per heavy atom. The van der Waals surface area contributed by atoms with Crippen LogP contribution in [0.3, 0.4) is 0 Å². The molecule has 1 aromatic heterocycles. The van der Waals surface area contributed by atoms with Gasteiger partial charge in [-0.1, -0.05) is 0 Å². The quantitative estimate of drug-likeness (QED) is 0.519. The molecule has 1 amide bonds. The fourth-order valence-corrected chi connectivity index (χ4v) is 0.393. The summed E-state index contributed by atoms with van der Waals surface area (Å²) in [4.78, 5) is 10.2. The SMILES string of the molecule is NC(=O)c1ccn[nH]1.[H+]. The zero-order valence-electron chi connectivity index (χ0n) is 5.09. The van der Waals surface area contributed by atoms with Crippen molar-refractivity contribution in [2.45, 2.75) is 0 Å². The van der Waals surface area contributed by atoms with Gasteiger partial charge in [-0.05, 0) is 6.07 Å². The van der Waals surface area contributed by atoms with Gasteiger partial charge in [-0.2, -0.15) is 5.10 Å². The summed E-state index contributed by atoms with van der Waals surface area (Å²) >= 11 is 0.